The summed E-state index contributed by atoms with van der Waals surface area (Å²) in [5.41, 5.74) is -0.641. The maximum atomic E-state index is 12.4. The molecule has 1 aliphatic heterocycles. The van der Waals surface area contributed by atoms with E-state index in [2.05, 4.69) is 11.9 Å². The van der Waals surface area contributed by atoms with E-state index in [9.17, 15) is 13.2 Å². The summed E-state index contributed by atoms with van der Waals surface area (Å²) >= 11 is 0. The number of halogens is 3. The summed E-state index contributed by atoms with van der Waals surface area (Å²) in [6.07, 6.45) is -2.02. The average Bonchev–Trinajstić information content (AvgIpc) is 2.36. The molecule has 1 atom stereocenters. The number of ether oxygens (including phenoxy) is 1. The molecule has 0 N–H and O–H groups in total. The van der Waals surface area contributed by atoms with E-state index in [1.165, 1.54) is 12.1 Å². The van der Waals surface area contributed by atoms with Crippen molar-refractivity contribution in [2.75, 3.05) is 26.7 Å². The standard InChI is InChI=1S/C14H18F3NO/c1-18-8-2-3-11(9-18)10-19-13-6-4-12(5-7-13)14(15,16)17/h4-7,11H,2-3,8-10H2,1H3/t11-/m0/s1. The predicted octanol–water partition coefficient (Wildman–Crippen LogP) is 3.43. The summed E-state index contributed by atoms with van der Waals surface area (Å²) in [5.74, 6) is 0.960. The van der Waals surface area contributed by atoms with Gasteiger partial charge in [-0.05, 0) is 50.7 Å². The summed E-state index contributed by atoms with van der Waals surface area (Å²) in [7, 11) is 2.07. The SMILES string of the molecule is CN1CCC[C@H](COc2ccc(C(F)(F)F)cc2)C1. The quantitative estimate of drug-likeness (QED) is 0.836. The molecule has 1 fully saturated rings. The third kappa shape index (κ3) is 4.13. The molecular formula is C14H18F3NO. The van der Waals surface area contributed by atoms with Gasteiger partial charge in [-0.2, -0.15) is 13.2 Å². The van der Waals surface area contributed by atoms with Crippen molar-refractivity contribution in [3.8, 4) is 5.75 Å². The Hall–Kier alpha value is -1.23. The maximum Gasteiger partial charge on any atom is 0.416 e. The average molecular weight is 273 g/mol. The molecule has 2 nitrogen and oxygen atoms in total. The third-order valence-electron chi connectivity index (χ3n) is 3.39. The van der Waals surface area contributed by atoms with Crippen LogP contribution >= 0.6 is 0 Å². The van der Waals surface area contributed by atoms with Gasteiger partial charge in [0, 0.05) is 12.5 Å². The fourth-order valence-electron chi connectivity index (χ4n) is 2.36. The summed E-state index contributed by atoms with van der Waals surface area (Å²) in [6.45, 7) is 2.66. The first kappa shape index (κ1) is 14.2. The van der Waals surface area contributed by atoms with E-state index in [-0.39, 0.29) is 0 Å². The van der Waals surface area contributed by atoms with E-state index in [1.54, 1.807) is 0 Å². The van der Waals surface area contributed by atoms with Gasteiger partial charge in [0.05, 0.1) is 12.2 Å². The fraction of sp³-hybridized carbons (Fsp3) is 0.571. The van der Waals surface area contributed by atoms with Crippen LogP contribution in [0.1, 0.15) is 18.4 Å². The van der Waals surface area contributed by atoms with Crippen LogP contribution in [0.15, 0.2) is 24.3 Å². The maximum absolute atomic E-state index is 12.4. The first-order chi connectivity index (χ1) is 8.95. The molecule has 1 aromatic carbocycles. The van der Waals surface area contributed by atoms with Gasteiger partial charge in [0.1, 0.15) is 5.75 Å². The zero-order chi connectivity index (χ0) is 13.9. The predicted molar refractivity (Wildman–Crippen MR) is 67.2 cm³/mol. The van der Waals surface area contributed by atoms with Crippen LogP contribution in [0.5, 0.6) is 5.75 Å². The third-order valence-corrected chi connectivity index (χ3v) is 3.39. The molecular weight excluding hydrogens is 255 g/mol. The molecule has 0 unspecified atom stereocenters. The van der Waals surface area contributed by atoms with Gasteiger partial charge < -0.3 is 9.64 Å². The number of hydrogen-bond donors (Lipinski definition) is 0. The fourth-order valence-corrected chi connectivity index (χ4v) is 2.36. The monoisotopic (exact) mass is 273 g/mol. The Kier molecular flexibility index (Phi) is 4.34. The van der Waals surface area contributed by atoms with Crippen LogP contribution in [0.25, 0.3) is 0 Å². The Morgan fingerprint density at radius 3 is 2.53 bits per heavy atom. The molecule has 1 aromatic rings. The minimum Gasteiger partial charge on any atom is -0.493 e. The van der Waals surface area contributed by atoms with Gasteiger partial charge in [0.25, 0.3) is 0 Å². The van der Waals surface area contributed by atoms with Crippen molar-refractivity contribution in [3.05, 3.63) is 29.8 Å². The zero-order valence-electron chi connectivity index (χ0n) is 10.9. The van der Waals surface area contributed by atoms with Gasteiger partial charge in [-0.3, -0.25) is 0 Å². The van der Waals surface area contributed by atoms with Gasteiger partial charge in [0.15, 0.2) is 0 Å². The highest BCUT2D eigenvalue weighted by Crippen LogP contribution is 2.30. The normalized spacial score (nSPS) is 21.4. The molecule has 1 saturated heterocycles. The lowest BCUT2D eigenvalue weighted by molar-refractivity contribution is -0.137. The lowest BCUT2D eigenvalue weighted by Gasteiger charge is -2.29. The number of benzene rings is 1. The highest BCUT2D eigenvalue weighted by atomic mass is 19.4. The van der Waals surface area contributed by atoms with Gasteiger partial charge in [-0.1, -0.05) is 0 Å². The zero-order valence-corrected chi connectivity index (χ0v) is 10.9. The second-order valence-corrected chi connectivity index (χ2v) is 5.10. The van der Waals surface area contributed by atoms with E-state index in [0.717, 1.165) is 38.1 Å². The van der Waals surface area contributed by atoms with Crippen LogP contribution in [-0.2, 0) is 6.18 Å². The lowest BCUT2D eigenvalue weighted by atomic mass is 10.00. The summed E-state index contributed by atoms with van der Waals surface area (Å²) in [5, 5.41) is 0. The van der Waals surface area contributed by atoms with E-state index < -0.39 is 11.7 Å². The van der Waals surface area contributed by atoms with Crippen LogP contribution in [0.4, 0.5) is 13.2 Å². The number of likely N-dealkylation sites (tertiary alicyclic amines) is 1. The molecule has 2 rings (SSSR count). The van der Waals surface area contributed by atoms with Crippen LogP contribution in [0, 0.1) is 5.92 Å². The molecule has 0 radical (unpaired) electrons. The molecule has 0 bridgehead atoms. The second-order valence-electron chi connectivity index (χ2n) is 5.10. The smallest absolute Gasteiger partial charge is 0.416 e. The van der Waals surface area contributed by atoms with Crippen molar-refractivity contribution in [2.24, 2.45) is 5.92 Å². The number of rotatable bonds is 3. The molecule has 0 aromatic heterocycles. The van der Waals surface area contributed by atoms with Crippen molar-refractivity contribution in [1.82, 2.24) is 4.90 Å². The van der Waals surface area contributed by atoms with Crippen molar-refractivity contribution in [3.63, 3.8) is 0 Å². The van der Waals surface area contributed by atoms with Gasteiger partial charge in [0.2, 0.25) is 0 Å². The molecule has 106 valence electrons. The van der Waals surface area contributed by atoms with E-state index in [4.69, 9.17) is 4.74 Å². The van der Waals surface area contributed by atoms with Gasteiger partial charge in [-0.15, -0.1) is 0 Å². The minimum absolute atomic E-state index is 0.459. The molecule has 1 heterocycles. The van der Waals surface area contributed by atoms with Crippen molar-refractivity contribution in [2.45, 2.75) is 19.0 Å². The summed E-state index contributed by atoms with van der Waals surface area (Å²) in [4.78, 5) is 2.25. The van der Waals surface area contributed by atoms with E-state index in [0.29, 0.717) is 18.3 Å². The van der Waals surface area contributed by atoms with E-state index in [1.807, 2.05) is 0 Å². The Labute approximate surface area is 111 Å². The Morgan fingerprint density at radius 2 is 1.95 bits per heavy atom. The minimum atomic E-state index is -4.29. The largest absolute Gasteiger partial charge is 0.493 e. The first-order valence-corrected chi connectivity index (χ1v) is 6.44. The lowest BCUT2D eigenvalue weighted by Crippen LogP contribution is -2.34. The van der Waals surface area contributed by atoms with Gasteiger partial charge >= 0.3 is 6.18 Å². The molecule has 1 aliphatic rings. The highest BCUT2D eigenvalue weighted by molar-refractivity contribution is 5.28. The Morgan fingerprint density at radius 1 is 1.26 bits per heavy atom. The number of piperidine rings is 1. The molecule has 0 saturated carbocycles. The summed E-state index contributed by atoms with van der Waals surface area (Å²) < 4.78 is 42.7. The van der Waals surface area contributed by atoms with Crippen LogP contribution in [-0.4, -0.2) is 31.6 Å². The Bertz CT molecular complexity index is 402. The number of alkyl halides is 3. The molecule has 19 heavy (non-hydrogen) atoms. The van der Waals surface area contributed by atoms with Gasteiger partial charge in [-0.25, -0.2) is 0 Å². The van der Waals surface area contributed by atoms with E-state index >= 15 is 0 Å². The highest BCUT2D eigenvalue weighted by Gasteiger charge is 2.30. The van der Waals surface area contributed by atoms with Crippen LogP contribution in [0.3, 0.4) is 0 Å². The topological polar surface area (TPSA) is 12.5 Å². The molecule has 5 heteroatoms. The first-order valence-electron chi connectivity index (χ1n) is 6.44. The van der Waals surface area contributed by atoms with Crippen molar-refractivity contribution in [1.29, 1.82) is 0 Å². The van der Waals surface area contributed by atoms with Crippen LogP contribution in [0.2, 0.25) is 0 Å². The molecule has 0 amide bonds. The van der Waals surface area contributed by atoms with Crippen molar-refractivity contribution >= 4 is 0 Å². The molecule has 0 aliphatic carbocycles. The number of hydrogen-bond acceptors (Lipinski definition) is 2. The number of nitrogens with zero attached hydrogens (tertiary/aromatic N) is 1. The Balaban J connectivity index is 1.86. The second kappa shape index (κ2) is 5.82. The summed E-state index contributed by atoms with van der Waals surface area (Å²) in [6, 6.07) is 4.88. The van der Waals surface area contributed by atoms with Crippen LogP contribution < -0.4 is 4.74 Å². The van der Waals surface area contributed by atoms with Crippen molar-refractivity contribution < 1.29 is 17.9 Å². The molecule has 0 spiro atoms.